The van der Waals surface area contributed by atoms with Gasteiger partial charge in [0.25, 0.3) is 5.91 Å². The highest BCUT2D eigenvalue weighted by molar-refractivity contribution is 7.09. The molecule has 1 saturated heterocycles. The van der Waals surface area contributed by atoms with Gasteiger partial charge >= 0.3 is 0 Å². The SMILES string of the molecule is C[C@H](Cc1cccs1)NC1CCN(c2ccc(NC(=O)c3cnccn3)cc2)CC1. The lowest BCUT2D eigenvalue weighted by atomic mass is 10.0. The number of hydrogen-bond donors (Lipinski definition) is 2. The Morgan fingerprint density at radius 3 is 2.67 bits per heavy atom. The lowest BCUT2D eigenvalue weighted by molar-refractivity contribution is 0.102. The molecule has 1 aliphatic heterocycles. The zero-order valence-corrected chi connectivity index (χ0v) is 17.9. The number of anilines is 2. The van der Waals surface area contributed by atoms with Gasteiger partial charge in [-0.3, -0.25) is 9.78 Å². The summed E-state index contributed by atoms with van der Waals surface area (Å²) in [5.41, 5.74) is 2.26. The fourth-order valence-electron chi connectivity index (χ4n) is 3.86. The summed E-state index contributed by atoms with van der Waals surface area (Å²) in [6, 6.07) is 13.4. The Kier molecular flexibility index (Phi) is 6.71. The van der Waals surface area contributed by atoms with Gasteiger partial charge < -0.3 is 15.5 Å². The molecule has 1 aliphatic rings. The van der Waals surface area contributed by atoms with E-state index in [4.69, 9.17) is 0 Å². The average molecular weight is 422 g/mol. The van der Waals surface area contributed by atoms with Crippen molar-refractivity contribution in [2.24, 2.45) is 0 Å². The number of thiophene rings is 1. The number of amides is 1. The Morgan fingerprint density at radius 1 is 1.20 bits per heavy atom. The third-order valence-electron chi connectivity index (χ3n) is 5.39. The van der Waals surface area contributed by atoms with E-state index in [9.17, 15) is 4.79 Å². The van der Waals surface area contributed by atoms with E-state index in [1.807, 2.05) is 23.5 Å². The van der Waals surface area contributed by atoms with Gasteiger partial charge in [-0.25, -0.2) is 4.98 Å². The standard InChI is InChI=1S/C23H27N5OS/c1-17(15-21-3-2-14-30-21)26-19-8-12-28(13-9-19)20-6-4-18(5-7-20)27-23(29)22-16-24-10-11-25-22/h2-7,10-11,14,16-17,19,26H,8-9,12-13,15H2,1H3,(H,27,29)/t17-/m1/s1. The molecule has 2 N–H and O–H groups in total. The lowest BCUT2D eigenvalue weighted by Crippen LogP contribution is -2.46. The summed E-state index contributed by atoms with van der Waals surface area (Å²) in [5, 5.41) is 8.81. The maximum absolute atomic E-state index is 12.2. The number of piperidine rings is 1. The molecule has 0 bridgehead atoms. The Bertz CT molecular complexity index is 922. The quantitative estimate of drug-likeness (QED) is 0.604. The average Bonchev–Trinajstić information content (AvgIpc) is 3.28. The summed E-state index contributed by atoms with van der Waals surface area (Å²) < 4.78 is 0. The van der Waals surface area contributed by atoms with E-state index < -0.39 is 0 Å². The molecule has 2 aromatic heterocycles. The van der Waals surface area contributed by atoms with Crippen LogP contribution < -0.4 is 15.5 Å². The Labute approximate surface area is 181 Å². The molecule has 1 amide bonds. The molecule has 0 saturated carbocycles. The van der Waals surface area contributed by atoms with Crippen LogP contribution in [0.15, 0.2) is 60.4 Å². The maximum Gasteiger partial charge on any atom is 0.275 e. The van der Waals surface area contributed by atoms with E-state index in [0.29, 0.717) is 17.8 Å². The van der Waals surface area contributed by atoms with Gasteiger partial charge in [-0.1, -0.05) is 6.07 Å². The number of nitrogens with zero attached hydrogens (tertiary/aromatic N) is 3. The van der Waals surface area contributed by atoms with Crippen LogP contribution in [-0.2, 0) is 6.42 Å². The van der Waals surface area contributed by atoms with Crippen molar-refractivity contribution < 1.29 is 4.79 Å². The third-order valence-corrected chi connectivity index (χ3v) is 6.29. The predicted molar refractivity (Wildman–Crippen MR) is 122 cm³/mol. The zero-order chi connectivity index (χ0) is 20.8. The number of hydrogen-bond acceptors (Lipinski definition) is 6. The first-order valence-electron chi connectivity index (χ1n) is 10.4. The first kappa shape index (κ1) is 20.5. The molecule has 1 aromatic carbocycles. The third kappa shape index (κ3) is 5.43. The number of rotatable bonds is 7. The minimum absolute atomic E-state index is 0.251. The van der Waals surface area contributed by atoms with E-state index in [1.165, 1.54) is 23.0 Å². The molecule has 6 nitrogen and oxygen atoms in total. The van der Waals surface area contributed by atoms with Crippen molar-refractivity contribution in [1.29, 1.82) is 0 Å². The summed E-state index contributed by atoms with van der Waals surface area (Å²) >= 11 is 1.83. The minimum atomic E-state index is -0.251. The molecule has 3 heterocycles. The number of aromatic nitrogens is 2. The first-order chi connectivity index (χ1) is 14.7. The van der Waals surface area contributed by atoms with Crippen molar-refractivity contribution >= 4 is 28.6 Å². The topological polar surface area (TPSA) is 70.2 Å². The predicted octanol–water partition coefficient (Wildman–Crippen LogP) is 3.98. The summed E-state index contributed by atoms with van der Waals surface area (Å²) in [6.45, 7) is 4.35. The van der Waals surface area contributed by atoms with Crippen molar-refractivity contribution in [3.63, 3.8) is 0 Å². The number of nitrogens with one attached hydrogen (secondary N) is 2. The number of carbonyl (C=O) groups is 1. The van der Waals surface area contributed by atoms with Crippen LogP contribution >= 0.6 is 11.3 Å². The summed E-state index contributed by atoms with van der Waals surface area (Å²) in [6.07, 6.45) is 7.90. The van der Waals surface area contributed by atoms with E-state index in [2.05, 4.69) is 62.1 Å². The zero-order valence-electron chi connectivity index (χ0n) is 17.1. The van der Waals surface area contributed by atoms with Gasteiger partial charge in [-0.15, -0.1) is 11.3 Å². The monoisotopic (exact) mass is 421 g/mol. The fourth-order valence-corrected chi connectivity index (χ4v) is 4.70. The van der Waals surface area contributed by atoms with Crippen molar-refractivity contribution in [3.8, 4) is 0 Å². The van der Waals surface area contributed by atoms with Crippen LogP contribution in [-0.4, -0.2) is 41.0 Å². The smallest absolute Gasteiger partial charge is 0.275 e. The number of carbonyl (C=O) groups excluding carboxylic acids is 1. The summed E-state index contributed by atoms with van der Waals surface area (Å²) in [4.78, 5) is 24.0. The molecule has 1 fully saturated rings. The number of benzene rings is 1. The van der Waals surface area contributed by atoms with Crippen LogP contribution in [0.4, 0.5) is 11.4 Å². The van der Waals surface area contributed by atoms with Gasteiger partial charge in [0.2, 0.25) is 0 Å². The summed E-state index contributed by atoms with van der Waals surface area (Å²) in [7, 11) is 0. The Hall–Kier alpha value is -2.77. The molecular formula is C23H27N5OS. The molecule has 30 heavy (non-hydrogen) atoms. The molecule has 0 aliphatic carbocycles. The van der Waals surface area contributed by atoms with Gasteiger partial charge in [0.15, 0.2) is 0 Å². The second-order valence-electron chi connectivity index (χ2n) is 7.70. The van der Waals surface area contributed by atoms with Crippen molar-refractivity contribution in [2.45, 2.75) is 38.3 Å². The highest BCUT2D eigenvalue weighted by Crippen LogP contribution is 2.23. The van der Waals surface area contributed by atoms with Crippen LogP contribution in [0, 0.1) is 0 Å². The normalized spacial score (nSPS) is 15.7. The van der Waals surface area contributed by atoms with Gasteiger partial charge in [0, 0.05) is 53.8 Å². The van der Waals surface area contributed by atoms with Gasteiger partial charge in [-0.05, 0) is 61.9 Å². The van der Waals surface area contributed by atoms with E-state index >= 15 is 0 Å². The summed E-state index contributed by atoms with van der Waals surface area (Å²) in [5.74, 6) is -0.251. The molecule has 0 spiro atoms. The van der Waals surface area contributed by atoms with Crippen LogP contribution in [0.25, 0.3) is 0 Å². The second kappa shape index (κ2) is 9.82. The largest absolute Gasteiger partial charge is 0.371 e. The van der Waals surface area contributed by atoms with Gasteiger partial charge in [0.05, 0.1) is 6.20 Å². The molecule has 1 atom stereocenters. The van der Waals surface area contributed by atoms with Gasteiger partial charge in [0.1, 0.15) is 5.69 Å². The lowest BCUT2D eigenvalue weighted by Gasteiger charge is -2.35. The maximum atomic E-state index is 12.2. The molecule has 156 valence electrons. The van der Waals surface area contributed by atoms with Crippen molar-refractivity contribution in [1.82, 2.24) is 15.3 Å². The molecule has 4 rings (SSSR count). The fraction of sp³-hybridized carbons (Fsp3) is 0.348. The highest BCUT2D eigenvalue weighted by Gasteiger charge is 2.21. The van der Waals surface area contributed by atoms with Crippen LogP contribution in [0.2, 0.25) is 0 Å². The minimum Gasteiger partial charge on any atom is -0.371 e. The Morgan fingerprint density at radius 2 is 2.00 bits per heavy atom. The van der Waals surface area contributed by atoms with Crippen LogP contribution in [0.5, 0.6) is 0 Å². The van der Waals surface area contributed by atoms with Crippen molar-refractivity contribution in [3.05, 3.63) is 70.9 Å². The van der Waals surface area contributed by atoms with E-state index in [0.717, 1.165) is 38.0 Å². The second-order valence-corrected chi connectivity index (χ2v) is 8.74. The Balaban J connectivity index is 1.25. The molecule has 7 heteroatoms. The van der Waals surface area contributed by atoms with E-state index in [-0.39, 0.29) is 5.91 Å². The molecule has 0 radical (unpaired) electrons. The molecular weight excluding hydrogens is 394 g/mol. The first-order valence-corrected chi connectivity index (χ1v) is 11.3. The molecule has 3 aromatic rings. The van der Waals surface area contributed by atoms with Crippen LogP contribution in [0.1, 0.15) is 35.1 Å². The highest BCUT2D eigenvalue weighted by atomic mass is 32.1. The van der Waals surface area contributed by atoms with Crippen LogP contribution in [0.3, 0.4) is 0 Å². The van der Waals surface area contributed by atoms with E-state index in [1.54, 1.807) is 6.20 Å². The van der Waals surface area contributed by atoms with Gasteiger partial charge in [-0.2, -0.15) is 0 Å². The molecule has 0 unspecified atom stereocenters. The van der Waals surface area contributed by atoms with Crippen molar-refractivity contribution in [2.75, 3.05) is 23.3 Å².